The first kappa shape index (κ1) is 18.6. The van der Waals surface area contributed by atoms with Gasteiger partial charge in [-0.2, -0.15) is 0 Å². The third kappa shape index (κ3) is 4.31. The third-order valence-electron chi connectivity index (χ3n) is 3.77. The molecule has 3 aromatic rings. The van der Waals surface area contributed by atoms with Crippen LogP contribution in [0.25, 0.3) is 0 Å². The number of hydrogen-bond acceptors (Lipinski definition) is 6. The normalized spacial score (nSPS) is 10.1. The first-order valence-electron chi connectivity index (χ1n) is 8.08. The van der Waals surface area contributed by atoms with Crippen molar-refractivity contribution in [2.24, 2.45) is 0 Å². The first-order valence-corrected chi connectivity index (χ1v) is 8.08. The van der Waals surface area contributed by atoms with Crippen molar-refractivity contribution in [2.75, 3.05) is 5.32 Å². The summed E-state index contributed by atoms with van der Waals surface area (Å²) in [5.41, 5.74) is 0.169. The van der Waals surface area contributed by atoms with Gasteiger partial charge in [-0.3, -0.25) is 14.9 Å². The van der Waals surface area contributed by atoms with Crippen LogP contribution in [0.4, 0.5) is 11.4 Å². The number of para-hydroxylation sites is 1. The number of benzene rings is 3. The Balaban J connectivity index is 1.76. The molecule has 0 unspecified atom stereocenters. The number of non-ortho nitro benzene ring substituents is 1. The van der Waals surface area contributed by atoms with E-state index in [4.69, 9.17) is 4.74 Å². The van der Waals surface area contributed by atoms with Gasteiger partial charge in [-0.15, -0.1) is 0 Å². The Bertz CT molecular complexity index is 1050. The van der Waals surface area contributed by atoms with E-state index >= 15 is 0 Å². The molecule has 0 aliphatic carbocycles. The van der Waals surface area contributed by atoms with Crippen molar-refractivity contribution in [3.63, 3.8) is 0 Å². The highest BCUT2D eigenvalue weighted by molar-refractivity contribution is 6.07. The van der Waals surface area contributed by atoms with Crippen molar-refractivity contribution in [3.05, 3.63) is 94.0 Å². The Morgan fingerprint density at radius 2 is 1.61 bits per heavy atom. The van der Waals surface area contributed by atoms with E-state index in [1.807, 2.05) is 0 Å². The fourth-order valence-electron chi connectivity index (χ4n) is 2.44. The van der Waals surface area contributed by atoms with Gasteiger partial charge in [0.1, 0.15) is 11.5 Å². The molecule has 0 aliphatic rings. The lowest BCUT2D eigenvalue weighted by molar-refractivity contribution is -0.384. The van der Waals surface area contributed by atoms with Crippen molar-refractivity contribution in [1.82, 2.24) is 0 Å². The number of carbonyl (C=O) groups excluding carboxylic acids is 2. The van der Waals surface area contributed by atoms with Crippen LogP contribution >= 0.6 is 0 Å². The number of anilines is 1. The van der Waals surface area contributed by atoms with Gasteiger partial charge in [0.2, 0.25) is 0 Å². The minimum absolute atomic E-state index is 0.0629. The van der Waals surface area contributed by atoms with Crippen LogP contribution in [0.5, 0.6) is 11.5 Å². The Labute approximate surface area is 159 Å². The molecular weight excluding hydrogens is 364 g/mol. The maximum absolute atomic E-state index is 12.5. The van der Waals surface area contributed by atoms with E-state index in [0.29, 0.717) is 11.5 Å². The fraction of sp³-hybridized carbons (Fsp3) is 0. The van der Waals surface area contributed by atoms with Crippen LogP contribution < -0.4 is 15.2 Å². The first-order chi connectivity index (χ1) is 13.4. The van der Waals surface area contributed by atoms with E-state index in [1.165, 1.54) is 48.5 Å². The topological polar surface area (TPSA) is 122 Å². The Kier molecular flexibility index (Phi) is 5.31. The summed E-state index contributed by atoms with van der Waals surface area (Å²) in [7, 11) is 0. The number of rotatable bonds is 6. The smallest absolute Gasteiger partial charge is 0.269 e. The molecule has 0 bridgehead atoms. The van der Waals surface area contributed by atoms with Gasteiger partial charge in [-0.05, 0) is 36.4 Å². The molecule has 0 saturated heterocycles. The maximum Gasteiger partial charge on any atom is 0.269 e. The summed E-state index contributed by atoms with van der Waals surface area (Å²) in [5, 5.41) is 24.4. The number of nitrogens with one attached hydrogen (secondary N) is 1. The third-order valence-corrected chi connectivity index (χ3v) is 3.77. The highest BCUT2D eigenvalue weighted by atomic mass is 16.6. The molecule has 140 valence electrons. The summed E-state index contributed by atoms with van der Waals surface area (Å²) in [6.07, 6.45) is 0. The minimum atomic E-state index is -1.40. The predicted molar refractivity (Wildman–Crippen MR) is 98.3 cm³/mol. The van der Waals surface area contributed by atoms with Gasteiger partial charge < -0.3 is 20.0 Å². The van der Waals surface area contributed by atoms with Crippen LogP contribution in [0, 0.1) is 10.1 Å². The maximum atomic E-state index is 12.5. The Morgan fingerprint density at radius 1 is 0.893 bits per heavy atom. The highest BCUT2D eigenvalue weighted by Gasteiger charge is 2.11. The lowest BCUT2D eigenvalue weighted by atomic mass is 10.1. The van der Waals surface area contributed by atoms with Gasteiger partial charge in [0.05, 0.1) is 16.6 Å². The van der Waals surface area contributed by atoms with Crippen molar-refractivity contribution in [3.8, 4) is 11.5 Å². The Morgan fingerprint density at radius 3 is 2.29 bits per heavy atom. The van der Waals surface area contributed by atoms with E-state index in [0.717, 1.165) is 0 Å². The molecule has 0 heterocycles. The molecule has 28 heavy (non-hydrogen) atoms. The number of ether oxygens (including phenoxy) is 1. The van der Waals surface area contributed by atoms with Crippen LogP contribution in [0.2, 0.25) is 0 Å². The van der Waals surface area contributed by atoms with Crippen LogP contribution in [0.1, 0.15) is 20.7 Å². The van der Waals surface area contributed by atoms with Crippen LogP contribution in [-0.4, -0.2) is 16.8 Å². The summed E-state index contributed by atoms with van der Waals surface area (Å²) in [5.74, 6) is -1.21. The number of amides is 1. The van der Waals surface area contributed by atoms with Crippen LogP contribution in [-0.2, 0) is 0 Å². The molecule has 0 aliphatic heterocycles. The number of aromatic carboxylic acids is 1. The van der Waals surface area contributed by atoms with E-state index in [9.17, 15) is 24.8 Å². The van der Waals surface area contributed by atoms with Gasteiger partial charge in [0, 0.05) is 23.3 Å². The number of carbonyl (C=O) groups is 2. The van der Waals surface area contributed by atoms with Gasteiger partial charge in [0.25, 0.3) is 11.6 Å². The quantitative estimate of drug-likeness (QED) is 0.520. The second-order valence-electron chi connectivity index (χ2n) is 5.67. The predicted octanol–water partition coefficient (Wildman–Crippen LogP) is 3.00. The zero-order valence-corrected chi connectivity index (χ0v) is 14.3. The SMILES string of the molecule is O=C(Nc1ccccc1C(=O)[O-])c1cccc(Oc2ccc([N+](=O)[O-])cc2)c1. The molecular formula is C20H13N2O6-. The zero-order valence-electron chi connectivity index (χ0n) is 14.3. The number of carboxylic acids is 1. The standard InChI is InChI=1S/C20H14N2O6/c23-19(21-18-7-2-1-6-17(18)20(24)25)13-4-3-5-16(12-13)28-15-10-8-14(9-11-15)22(26)27/h1-12H,(H,21,23)(H,24,25)/p-1. The molecule has 3 aromatic carbocycles. The average Bonchev–Trinajstić information content (AvgIpc) is 2.69. The monoisotopic (exact) mass is 377 g/mol. The molecule has 8 nitrogen and oxygen atoms in total. The molecule has 0 spiro atoms. The van der Waals surface area contributed by atoms with Crippen LogP contribution in [0.15, 0.2) is 72.8 Å². The number of carboxylic acid groups (broad SMARTS) is 1. The molecule has 0 fully saturated rings. The van der Waals surface area contributed by atoms with Gasteiger partial charge in [0.15, 0.2) is 0 Å². The van der Waals surface area contributed by atoms with E-state index in [-0.39, 0.29) is 22.5 Å². The summed E-state index contributed by atoms with van der Waals surface area (Å²) >= 11 is 0. The van der Waals surface area contributed by atoms with E-state index < -0.39 is 16.8 Å². The fourth-order valence-corrected chi connectivity index (χ4v) is 2.44. The summed E-state index contributed by atoms with van der Waals surface area (Å²) in [4.78, 5) is 33.8. The largest absolute Gasteiger partial charge is 0.545 e. The average molecular weight is 377 g/mol. The summed E-state index contributed by atoms with van der Waals surface area (Å²) in [6.45, 7) is 0. The van der Waals surface area contributed by atoms with Crippen molar-refractivity contribution in [1.29, 1.82) is 0 Å². The van der Waals surface area contributed by atoms with Crippen molar-refractivity contribution in [2.45, 2.75) is 0 Å². The van der Waals surface area contributed by atoms with Gasteiger partial charge in [-0.25, -0.2) is 0 Å². The molecule has 0 atom stereocenters. The molecule has 3 rings (SSSR count). The number of nitrogens with zero attached hydrogens (tertiary/aromatic N) is 1. The van der Waals surface area contributed by atoms with E-state index in [1.54, 1.807) is 24.3 Å². The summed E-state index contributed by atoms with van der Waals surface area (Å²) < 4.78 is 5.61. The second kappa shape index (κ2) is 8.00. The lowest BCUT2D eigenvalue weighted by Crippen LogP contribution is -2.24. The highest BCUT2D eigenvalue weighted by Crippen LogP contribution is 2.25. The van der Waals surface area contributed by atoms with Crippen LogP contribution in [0.3, 0.4) is 0 Å². The Hall–Kier alpha value is -4.20. The molecule has 8 heteroatoms. The molecule has 0 aromatic heterocycles. The lowest BCUT2D eigenvalue weighted by Gasteiger charge is -2.12. The van der Waals surface area contributed by atoms with Gasteiger partial charge in [-0.1, -0.05) is 24.3 Å². The number of nitro groups is 1. The van der Waals surface area contributed by atoms with Crippen molar-refractivity contribution < 1.29 is 24.4 Å². The molecule has 0 saturated carbocycles. The molecule has 1 amide bonds. The van der Waals surface area contributed by atoms with Gasteiger partial charge >= 0.3 is 0 Å². The number of hydrogen-bond donors (Lipinski definition) is 1. The molecule has 1 N–H and O–H groups in total. The van der Waals surface area contributed by atoms with Crippen molar-refractivity contribution >= 4 is 23.3 Å². The number of nitro benzene ring substituents is 1. The minimum Gasteiger partial charge on any atom is -0.545 e. The van der Waals surface area contributed by atoms with E-state index in [2.05, 4.69) is 5.32 Å². The summed E-state index contributed by atoms with van der Waals surface area (Å²) in [6, 6.07) is 17.6. The second-order valence-corrected chi connectivity index (χ2v) is 5.67. The molecule has 0 radical (unpaired) electrons. The zero-order chi connectivity index (χ0) is 20.1.